The number of rotatable bonds is 4. The summed E-state index contributed by atoms with van der Waals surface area (Å²) in [7, 11) is 2.19. The van der Waals surface area contributed by atoms with Crippen molar-refractivity contribution in [1.29, 1.82) is 0 Å². The lowest BCUT2D eigenvalue weighted by Crippen LogP contribution is -2.24. The Morgan fingerprint density at radius 3 is 3.29 bits per heavy atom. The van der Waals surface area contributed by atoms with Crippen LogP contribution >= 0.6 is 0 Å². The highest BCUT2D eigenvalue weighted by Gasteiger charge is 2.18. The zero-order valence-electron chi connectivity index (χ0n) is 8.66. The zero-order valence-corrected chi connectivity index (χ0v) is 8.66. The second-order valence-electron chi connectivity index (χ2n) is 4.13. The van der Waals surface area contributed by atoms with Gasteiger partial charge in [0.1, 0.15) is 0 Å². The Morgan fingerprint density at radius 2 is 2.64 bits per heavy atom. The van der Waals surface area contributed by atoms with Crippen LogP contribution in [0, 0.1) is 5.92 Å². The molecular formula is C10H18N4. The normalized spacial score (nSPS) is 23.1. The van der Waals surface area contributed by atoms with Crippen LogP contribution in [0.15, 0.2) is 12.3 Å². The highest BCUT2D eigenvalue weighted by molar-refractivity contribution is 4.96. The molecule has 14 heavy (non-hydrogen) atoms. The van der Waals surface area contributed by atoms with Crippen molar-refractivity contribution < 1.29 is 0 Å². The molecule has 1 aromatic rings. The van der Waals surface area contributed by atoms with Gasteiger partial charge >= 0.3 is 0 Å². The average Bonchev–Trinajstić information content (AvgIpc) is 2.77. The van der Waals surface area contributed by atoms with Crippen LogP contribution < -0.4 is 5.32 Å². The minimum absolute atomic E-state index is 0.822. The molecule has 2 N–H and O–H groups in total. The van der Waals surface area contributed by atoms with Crippen LogP contribution in [0.25, 0.3) is 0 Å². The molecule has 1 unspecified atom stereocenters. The van der Waals surface area contributed by atoms with Crippen LogP contribution in [0.5, 0.6) is 0 Å². The minimum Gasteiger partial charge on any atom is -0.311 e. The molecular weight excluding hydrogens is 176 g/mol. The van der Waals surface area contributed by atoms with Crippen molar-refractivity contribution >= 4 is 0 Å². The standard InChI is InChI=1S/C10H18N4/c1-14-5-3-9(8-14)6-11-7-10-2-4-12-13-10/h2,4,9,11H,3,5-8H2,1H3,(H,12,13). The first-order valence-corrected chi connectivity index (χ1v) is 5.22. The van der Waals surface area contributed by atoms with Crippen LogP contribution in [0.3, 0.4) is 0 Å². The van der Waals surface area contributed by atoms with Crippen molar-refractivity contribution in [1.82, 2.24) is 20.4 Å². The Morgan fingerprint density at radius 1 is 1.71 bits per heavy atom. The molecule has 0 saturated carbocycles. The quantitative estimate of drug-likeness (QED) is 0.731. The first-order valence-electron chi connectivity index (χ1n) is 5.22. The SMILES string of the molecule is CN1CCC(CNCc2ccn[nH]2)C1. The van der Waals surface area contributed by atoms with E-state index in [0.717, 1.165) is 24.7 Å². The maximum absolute atomic E-state index is 3.91. The topological polar surface area (TPSA) is 44.0 Å². The Labute approximate surface area is 84.7 Å². The number of nitrogens with zero attached hydrogens (tertiary/aromatic N) is 2. The molecule has 1 aliphatic rings. The molecule has 2 rings (SSSR count). The number of likely N-dealkylation sites (tertiary alicyclic amines) is 1. The van der Waals surface area contributed by atoms with E-state index in [1.54, 1.807) is 6.20 Å². The van der Waals surface area contributed by atoms with Gasteiger partial charge in [-0.3, -0.25) is 5.10 Å². The maximum atomic E-state index is 3.91. The summed E-state index contributed by atoms with van der Waals surface area (Å²) in [5.41, 5.74) is 1.16. The molecule has 1 aromatic heterocycles. The van der Waals surface area contributed by atoms with Crippen LogP contribution in [0.2, 0.25) is 0 Å². The first kappa shape index (κ1) is 9.68. The van der Waals surface area contributed by atoms with Crippen molar-refractivity contribution in [3.8, 4) is 0 Å². The molecule has 4 heteroatoms. The van der Waals surface area contributed by atoms with E-state index in [9.17, 15) is 0 Å². The summed E-state index contributed by atoms with van der Waals surface area (Å²) in [5.74, 6) is 0.822. The largest absolute Gasteiger partial charge is 0.311 e. The van der Waals surface area contributed by atoms with E-state index in [2.05, 4.69) is 27.5 Å². The summed E-state index contributed by atoms with van der Waals surface area (Å²) in [4.78, 5) is 2.39. The molecule has 0 aliphatic carbocycles. The molecule has 2 heterocycles. The van der Waals surface area contributed by atoms with Gasteiger partial charge in [-0.1, -0.05) is 0 Å². The summed E-state index contributed by atoms with van der Waals surface area (Å²) in [6.07, 6.45) is 3.12. The van der Waals surface area contributed by atoms with Crippen molar-refractivity contribution in [2.24, 2.45) is 5.92 Å². The van der Waals surface area contributed by atoms with Gasteiger partial charge in [0.2, 0.25) is 0 Å². The fourth-order valence-corrected chi connectivity index (χ4v) is 1.99. The molecule has 4 nitrogen and oxygen atoms in total. The third-order valence-corrected chi connectivity index (χ3v) is 2.80. The van der Waals surface area contributed by atoms with Gasteiger partial charge in [-0.25, -0.2) is 0 Å². The van der Waals surface area contributed by atoms with Gasteiger partial charge in [0.05, 0.1) is 0 Å². The van der Waals surface area contributed by atoms with E-state index in [0.29, 0.717) is 0 Å². The van der Waals surface area contributed by atoms with Crippen LogP contribution in [0.1, 0.15) is 12.1 Å². The Hall–Kier alpha value is -0.870. The summed E-state index contributed by atoms with van der Waals surface area (Å²) in [6.45, 7) is 4.50. The van der Waals surface area contributed by atoms with Crippen molar-refractivity contribution in [3.63, 3.8) is 0 Å². The van der Waals surface area contributed by atoms with E-state index in [-0.39, 0.29) is 0 Å². The van der Waals surface area contributed by atoms with Crippen molar-refractivity contribution in [3.05, 3.63) is 18.0 Å². The van der Waals surface area contributed by atoms with E-state index in [1.807, 2.05) is 6.07 Å². The molecule has 1 atom stereocenters. The van der Waals surface area contributed by atoms with Gasteiger partial charge in [0, 0.05) is 25.0 Å². The van der Waals surface area contributed by atoms with Gasteiger partial charge in [-0.15, -0.1) is 0 Å². The molecule has 0 radical (unpaired) electrons. The third-order valence-electron chi connectivity index (χ3n) is 2.80. The average molecular weight is 194 g/mol. The molecule has 78 valence electrons. The number of H-pyrrole nitrogens is 1. The molecule has 0 spiro atoms. The van der Waals surface area contributed by atoms with Gasteiger partial charge in [0.15, 0.2) is 0 Å². The molecule has 0 amide bonds. The van der Waals surface area contributed by atoms with Gasteiger partial charge < -0.3 is 10.2 Å². The summed E-state index contributed by atoms with van der Waals surface area (Å²) < 4.78 is 0. The fourth-order valence-electron chi connectivity index (χ4n) is 1.99. The highest BCUT2D eigenvalue weighted by atomic mass is 15.1. The van der Waals surface area contributed by atoms with E-state index in [4.69, 9.17) is 0 Å². The van der Waals surface area contributed by atoms with Crippen molar-refractivity contribution in [2.75, 3.05) is 26.7 Å². The lowest BCUT2D eigenvalue weighted by atomic mass is 10.1. The summed E-state index contributed by atoms with van der Waals surface area (Å²) >= 11 is 0. The lowest BCUT2D eigenvalue weighted by molar-refractivity contribution is 0.388. The minimum atomic E-state index is 0.822. The van der Waals surface area contributed by atoms with Gasteiger partial charge in [-0.2, -0.15) is 5.10 Å². The third kappa shape index (κ3) is 2.56. The second kappa shape index (κ2) is 4.57. The zero-order chi connectivity index (χ0) is 9.80. The monoisotopic (exact) mass is 194 g/mol. The van der Waals surface area contributed by atoms with Gasteiger partial charge in [0.25, 0.3) is 0 Å². The molecule has 1 saturated heterocycles. The molecule has 1 aliphatic heterocycles. The summed E-state index contributed by atoms with van der Waals surface area (Å²) in [6, 6.07) is 2.01. The molecule has 0 aromatic carbocycles. The highest BCUT2D eigenvalue weighted by Crippen LogP contribution is 2.12. The van der Waals surface area contributed by atoms with Gasteiger partial charge in [-0.05, 0) is 38.5 Å². The number of hydrogen-bond donors (Lipinski definition) is 2. The van der Waals surface area contributed by atoms with E-state index in [1.165, 1.54) is 19.5 Å². The first-order chi connectivity index (χ1) is 6.84. The second-order valence-corrected chi connectivity index (χ2v) is 4.13. The fraction of sp³-hybridized carbons (Fsp3) is 0.700. The number of aromatic amines is 1. The Kier molecular flexibility index (Phi) is 3.16. The predicted molar refractivity (Wildman–Crippen MR) is 55.9 cm³/mol. The van der Waals surface area contributed by atoms with Crippen LogP contribution in [-0.2, 0) is 6.54 Å². The van der Waals surface area contributed by atoms with Crippen molar-refractivity contribution in [2.45, 2.75) is 13.0 Å². The Bertz CT molecular complexity index is 257. The van der Waals surface area contributed by atoms with Crippen LogP contribution in [-0.4, -0.2) is 41.8 Å². The molecule has 0 bridgehead atoms. The maximum Gasteiger partial charge on any atom is 0.0490 e. The van der Waals surface area contributed by atoms with E-state index < -0.39 is 0 Å². The Balaban J connectivity index is 1.64. The summed E-state index contributed by atoms with van der Waals surface area (Å²) in [5, 5.41) is 10.3. The number of aromatic nitrogens is 2. The number of hydrogen-bond acceptors (Lipinski definition) is 3. The number of nitrogens with one attached hydrogen (secondary N) is 2. The molecule has 1 fully saturated rings. The van der Waals surface area contributed by atoms with E-state index >= 15 is 0 Å². The van der Waals surface area contributed by atoms with Crippen LogP contribution in [0.4, 0.5) is 0 Å². The smallest absolute Gasteiger partial charge is 0.0490 e. The predicted octanol–water partition coefficient (Wildman–Crippen LogP) is 0.451. The lowest BCUT2D eigenvalue weighted by Gasteiger charge is -2.10.